The summed E-state index contributed by atoms with van der Waals surface area (Å²) in [5.41, 5.74) is 3.08. The lowest BCUT2D eigenvalue weighted by Gasteiger charge is -2.16. The van der Waals surface area contributed by atoms with Crippen LogP contribution in [0.4, 0.5) is 0 Å². The number of hydrogen-bond acceptors (Lipinski definition) is 3. The quantitative estimate of drug-likeness (QED) is 0.932. The Morgan fingerprint density at radius 2 is 2.15 bits per heavy atom. The molecule has 0 amide bonds. The van der Waals surface area contributed by atoms with Gasteiger partial charge in [0.05, 0.1) is 30.4 Å². The van der Waals surface area contributed by atoms with Gasteiger partial charge in [-0.2, -0.15) is 0 Å². The first-order chi connectivity index (χ1) is 9.70. The number of carbonyl (C=O) groups is 1. The molecule has 0 fully saturated rings. The second-order valence-electron chi connectivity index (χ2n) is 4.90. The number of imidazole rings is 1. The maximum absolute atomic E-state index is 11.4. The van der Waals surface area contributed by atoms with Gasteiger partial charge in [0.2, 0.25) is 0 Å². The first kappa shape index (κ1) is 12.7. The largest absolute Gasteiger partial charge is 0.497 e. The molecule has 0 radical (unpaired) electrons. The van der Waals surface area contributed by atoms with Crippen molar-refractivity contribution in [3.8, 4) is 11.4 Å². The first-order valence-corrected chi connectivity index (χ1v) is 6.67. The van der Waals surface area contributed by atoms with Gasteiger partial charge >= 0.3 is 5.97 Å². The third kappa shape index (κ3) is 2.05. The second kappa shape index (κ2) is 5.00. The summed E-state index contributed by atoms with van der Waals surface area (Å²) in [6, 6.07) is 4.99. The summed E-state index contributed by atoms with van der Waals surface area (Å²) in [6.45, 7) is 0. The molecule has 1 aromatic heterocycles. The molecule has 20 heavy (non-hydrogen) atoms. The number of aromatic carboxylic acids is 1. The van der Waals surface area contributed by atoms with E-state index in [9.17, 15) is 9.90 Å². The molecule has 1 aromatic carbocycles. The van der Waals surface area contributed by atoms with Crippen LogP contribution in [0.1, 0.15) is 34.6 Å². The summed E-state index contributed by atoms with van der Waals surface area (Å²) in [5, 5.41) is 9.36. The molecule has 0 unspecified atom stereocenters. The van der Waals surface area contributed by atoms with Crippen molar-refractivity contribution in [1.29, 1.82) is 0 Å². The smallest absolute Gasteiger partial charge is 0.337 e. The fourth-order valence-corrected chi connectivity index (χ4v) is 2.70. The fraction of sp³-hybridized carbons (Fsp3) is 0.333. The van der Waals surface area contributed by atoms with Crippen molar-refractivity contribution in [2.75, 3.05) is 7.11 Å². The molecule has 0 saturated heterocycles. The highest BCUT2D eigenvalue weighted by molar-refractivity contribution is 5.92. The van der Waals surface area contributed by atoms with E-state index in [1.54, 1.807) is 31.6 Å². The van der Waals surface area contributed by atoms with Gasteiger partial charge in [0, 0.05) is 11.8 Å². The predicted octanol–water partition coefficient (Wildman–Crippen LogP) is 2.46. The summed E-state index contributed by atoms with van der Waals surface area (Å²) in [5.74, 6) is -0.302. The summed E-state index contributed by atoms with van der Waals surface area (Å²) in [7, 11) is 1.57. The van der Waals surface area contributed by atoms with Crippen molar-refractivity contribution in [2.45, 2.75) is 25.7 Å². The van der Waals surface area contributed by atoms with Gasteiger partial charge in [0.15, 0.2) is 0 Å². The number of fused-ring (bicyclic) bond motifs is 1. The molecule has 2 aromatic rings. The van der Waals surface area contributed by atoms with Gasteiger partial charge in [0.25, 0.3) is 0 Å². The molecule has 3 rings (SSSR count). The minimum Gasteiger partial charge on any atom is -0.497 e. The van der Waals surface area contributed by atoms with Crippen molar-refractivity contribution in [3.05, 3.63) is 41.5 Å². The Balaban J connectivity index is 2.17. The van der Waals surface area contributed by atoms with Crippen LogP contribution in [-0.4, -0.2) is 27.7 Å². The lowest BCUT2D eigenvalue weighted by molar-refractivity contribution is 0.0697. The van der Waals surface area contributed by atoms with Gasteiger partial charge in [-0.3, -0.25) is 0 Å². The maximum atomic E-state index is 11.4. The maximum Gasteiger partial charge on any atom is 0.337 e. The molecule has 104 valence electrons. The molecule has 0 bridgehead atoms. The molecule has 0 atom stereocenters. The minimum absolute atomic E-state index is 0.261. The Morgan fingerprint density at radius 3 is 2.90 bits per heavy atom. The van der Waals surface area contributed by atoms with Crippen molar-refractivity contribution >= 4 is 5.97 Å². The number of nitrogens with zero attached hydrogens (tertiary/aromatic N) is 2. The molecule has 5 nitrogen and oxygen atoms in total. The minimum atomic E-state index is -0.944. The van der Waals surface area contributed by atoms with Crippen LogP contribution in [0.15, 0.2) is 24.5 Å². The Kier molecular flexibility index (Phi) is 3.18. The van der Waals surface area contributed by atoms with Gasteiger partial charge in [-0.1, -0.05) is 0 Å². The molecule has 1 aliphatic carbocycles. The Morgan fingerprint density at radius 1 is 1.35 bits per heavy atom. The summed E-state index contributed by atoms with van der Waals surface area (Å²) in [4.78, 5) is 15.8. The van der Waals surface area contributed by atoms with E-state index in [0.717, 1.165) is 37.1 Å². The van der Waals surface area contributed by atoms with Crippen molar-refractivity contribution in [1.82, 2.24) is 9.55 Å². The van der Waals surface area contributed by atoms with Gasteiger partial charge in [-0.05, 0) is 37.8 Å². The zero-order valence-electron chi connectivity index (χ0n) is 11.3. The van der Waals surface area contributed by atoms with Crippen LogP contribution in [0.25, 0.3) is 5.69 Å². The van der Waals surface area contributed by atoms with Crippen LogP contribution in [0.5, 0.6) is 5.75 Å². The molecule has 0 spiro atoms. The number of ether oxygens (including phenoxy) is 1. The summed E-state index contributed by atoms with van der Waals surface area (Å²) >= 11 is 0. The van der Waals surface area contributed by atoms with E-state index < -0.39 is 5.97 Å². The van der Waals surface area contributed by atoms with Gasteiger partial charge in [-0.25, -0.2) is 9.78 Å². The summed E-state index contributed by atoms with van der Waals surface area (Å²) < 4.78 is 7.09. The second-order valence-corrected chi connectivity index (χ2v) is 4.90. The summed E-state index contributed by atoms with van der Waals surface area (Å²) in [6.07, 6.45) is 5.89. The van der Waals surface area contributed by atoms with Gasteiger partial charge in [-0.15, -0.1) is 0 Å². The molecular formula is C15H16N2O3. The number of hydrogen-bond donors (Lipinski definition) is 1. The molecule has 0 aliphatic heterocycles. The third-order valence-corrected chi connectivity index (χ3v) is 3.72. The lowest BCUT2D eigenvalue weighted by Crippen LogP contribution is -2.10. The van der Waals surface area contributed by atoms with E-state index in [1.807, 2.05) is 4.57 Å². The van der Waals surface area contributed by atoms with E-state index in [0.29, 0.717) is 11.4 Å². The molecule has 1 N–H and O–H groups in total. The first-order valence-electron chi connectivity index (χ1n) is 6.67. The highest BCUT2D eigenvalue weighted by Gasteiger charge is 2.20. The van der Waals surface area contributed by atoms with Crippen LogP contribution >= 0.6 is 0 Å². The standard InChI is InChI=1S/C15H16N2O3/c1-20-10-6-7-11(15(18)19)14(8-10)17-9-16-12-4-2-3-5-13(12)17/h6-9H,2-5H2,1H3,(H,18,19). The van der Waals surface area contributed by atoms with E-state index in [2.05, 4.69) is 4.98 Å². The van der Waals surface area contributed by atoms with Crippen molar-refractivity contribution in [2.24, 2.45) is 0 Å². The monoisotopic (exact) mass is 272 g/mol. The zero-order chi connectivity index (χ0) is 14.1. The van der Waals surface area contributed by atoms with E-state index in [-0.39, 0.29) is 5.56 Å². The van der Waals surface area contributed by atoms with Crippen LogP contribution < -0.4 is 4.74 Å². The number of aryl methyl sites for hydroxylation is 1. The normalized spacial score (nSPS) is 13.8. The average molecular weight is 272 g/mol. The number of aromatic nitrogens is 2. The lowest BCUT2D eigenvalue weighted by atomic mass is 10.0. The number of methoxy groups -OCH3 is 1. The Bertz CT molecular complexity index is 661. The van der Waals surface area contributed by atoms with E-state index in [4.69, 9.17) is 4.74 Å². The topological polar surface area (TPSA) is 64.3 Å². The number of benzene rings is 1. The van der Waals surface area contributed by atoms with Crippen molar-refractivity contribution in [3.63, 3.8) is 0 Å². The van der Waals surface area contributed by atoms with E-state index >= 15 is 0 Å². The van der Waals surface area contributed by atoms with Gasteiger partial charge < -0.3 is 14.4 Å². The van der Waals surface area contributed by atoms with Crippen molar-refractivity contribution < 1.29 is 14.6 Å². The molecule has 1 heterocycles. The zero-order valence-corrected chi connectivity index (χ0v) is 11.3. The fourth-order valence-electron chi connectivity index (χ4n) is 2.70. The number of carboxylic acids is 1. The van der Waals surface area contributed by atoms with Crippen LogP contribution in [0, 0.1) is 0 Å². The molecular weight excluding hydrogens is 256 g/mol. The Hall–Kier alpha value is -2.30. The van der Waals surface area contributed by atoms with Crippen LogP contribution in [0.2, 0.25) is 0 Å². The van der Waals surface area contributed by atoms with E-state index in [1.165, 1.54) is 0 Å². The molecule has 5 heteroatoms. The highest BCUT2D eigenvalue weighted by Crippen LogP contribution is 2.27. The highest BCUT2D eigenvalue weighted by atomic mass is 16.5. The average Bonchev–Trinajstić information content (AvgIpc) is 2.90. The SMILES string of the molecule is COc1ccc(C(=O)O)c(-n2cnc3c2CCCC3)c1. The van der Waals surface area contributed by atoms with Crippen LogP contribution in [0.3, 0.4) is 0 Å². The number of rotatable bonds is 3. The van der Waals surface area contributed by atoms with Gasteiger partial charge in [0.1, 0.15) is 5.75 Å². The predicted molar refractivity (Wildman–Crippen MR) is 73.7 cm³/mol. The molecule has 0 saturated carbocycles. The third-order valence-electron chi connectivity index (χ3n) is 3.72. The van der Waals surface area contributed by atoms with Crippen LogP contribution in [-0.2, 0) is 12.8 Å². The molecule has 1 aliphatic rings. The number of carboxylic acid groups (broad SMARTS) is 1. The Labute approximate surface area is 116 Å².